The summed E-state index contributed by atoms with van der Waals surface area (Å²) < 4.78 is 6.37. The second kappa shape index (κ2) is 10.4. The Bertz CT molecular complexity index is 1270. The average molecular weight is 513 g/mol. The van der Waals surface area contributed by atoms with Crippen LogP contribution in [0, 0.1) is 17.8 Å². The molecule has 4 aliphatic carbocycles. The second-order valence-corrected chi connectivity index (χ2v) is 12.4. The summed E-state index contributed by atoms with van der Waals surface area (Å²) >= 11 is 0. The maximum absolute atomic E-state index is 11.3. The normalized spacial score (nSPS) is 26.5. The van der Waals surface area contributed by atoms with Crippen molar-refractivity contribution >= 4 is 16.7 Å². The van der Waals surface area contributed by atoms with Gasteiger partial charge in [-0.05, 0) is 120 Å². The van der Waals surface area contributed by atoms with Crippen LogP contribution in [0.3, 0.4) is 0 Å². The van der Waals surface area contributed by atoms with Gasteiger partial charge in [-0.1, -0.05) is 50.5 Å². The molecule has 0 radical (unpaired) electrons. The third-order valence-corrected chi connectivity index (χ3v) is 9.58. The van der Waals surface area contributed by atoms with Gasteiger partial charge in [-0.25, -0.2) is 4.79 Å². The molecule has 38 heavy (non-hydrogen) atoms. The maximum Gasteiger partial charge on any atom is 0.335 e. The fraction of sp³-hybridized carbons (Fsp3) is 0.500. The Kier molecular flexibility index (Phi) is 6.94. The van der Waals surface area contributed by atoms with Gasteiger partial charge in [0.15, 0.2) is 6.29 Å². The quantitative estimate of drug-likeness (QED) is 0.212. The number of carbonyl (C=O) groups is 1. The Hall–Kier alpha value is -2.85. The van der Waals surface area contributed by atoms with Gasteiger partial charge in [0.1, 0.15) is 5.75 Å². The first kappa shape index (κ1) is 25.4. The summed E-state index contributed by atoms with van der Waals surface area (Å²) in [6, 6.07) is 18.1. The predicted octanol–water partition coefficient (Wildman–Crippen LogP) is 8.34. The van der Waals surface area contributed by atoms with Crippen molar-refractivity contribution in [2.45, 2.75) is 89.3 Å². The maximum atomic E-state index is 11.3. The summed E-state index contributed by atoms with van der Waals surface area (Å²) in [7, 11) is 0. The fourth-order valence-corrected chi connectivity index (χ4v) is 8.17. The zero-order chi connectivity index (χ0) is 26.3. The van der Waals surface area contributed by atoms with E-state index in [-0.39, 0.29) is 5.41 Å². The molecule has 4 saturated carbocycles. The molecule has 0 aliphatic heterocycles. The molecule has 200 valence electrons. The molecule has 0 saturated heterocycles. The van der Waals surface area contributed by atoms with Crippen LogP contribution in [-0.4, -0.2) is 22.5 Å². The smallest absolute Gasteiger partial charge is 0.335 e. The van der Waals surface area contributed by atoms with E-state index in [1.54, 1.807) is 12.1 Å². The molecule has 1 unspecified atom stereocenters. The minimum Gasteiger partial charge on any atom is -0.478 e. The van der Waals surface area contributed by atoms with Crippen LogP contribution in [0.15, 0.2) is 54.6 Å². The number of fused-ring (bicyclic) bond motifs is 1. The first-order valence-electron chi connectivity index (χ1n) is 14.7. The lowest BCUT2D eigenvalue weighted by Crippen LogP contribution is -2.48. The second-order valence-electron chi connectivity index (χ2n) is 12.4. The molecular weight excluding hydrogens is 472 g/mol. The van der Waals surface area contributed by atoms with Gasteiger partial charge in [-0.15, -0.1) is 0 Å². The lowest BCUT2D eigenvalue weighted by Gasteiger charge is -2.57. The van der Waals surface area contributed by atoms with Gasteiger partial charge in [-0.2, -0.15) is 0 Å². The summed E-state index contributed by atoms with van der Waals surface area (Å²) in [5.74, 6) is 2.44. The zero-order valence-electron chi connectivity index (χ0n) is 22.5. The number of benzene rings is 3. The molecule has 4 nitrogen and oxygen atoms in total. The van der Waals surface area contributed by atoms with Crippen LogP contribution >= 0.6 is 0 Å². The lowest BCUT2D eigenvalue weighted by molar-refractivity contribution is -0.0326. The van der Waals surface area contributed by atoms with Crippen LogP contribution in [0.5, 0.6) is 5.75 Å². The van der Waals surface area contributed by atoms with E-state index in [4.69, 9.17) is 4.74 Å². The first-order chi connectivity index (χ1) is 18.4. The third kappa shape index (κ3) is 4.96. The number of aromatic carboxylic acids is 1. The molecule has 0 heterocycles. The number of aliphatic hydroxyl groups is 1. The Labute approximate surface area is 226 Å². The number of ether oxygens (including phenoxy) is 1. The predicted molar refractivity (Wildman–Crippen MR) is 152 cm³/mol. The largest absolute Gasteiger partial charge is 0.478 e. The van der Waals surface area contributed by atoms with Gasteiger partial charge in [0, 0.05) is 12.0 Å². The van der Waals surface area contributed by atoms with Crippen LogP contribution in [0.1, 0.15) is 93.5 Å². The summed E-state index contributed by atoms with van der Waals surface area (Å²) in [4.78, 5) is 11.3. The highest BCUT2D eigenvalue weighted by Gasteiger charge is 2.52. The number of carboxylic acids is 1. The van der Waals surface area contributed by atoms with Crippen LogP contribution in [-0.2, 0) is 5.41 Å². The van der Waals surface area contributed by atoms with E-state index in [0.29, 0.717) is 12.0 Å². The number of rotatable bonds is 10. The molecule has 4 bridgehead atoms. The molecule has 1 atom stereocenters. The molecule has 4 aliphatic rings. The third-order valence-electron chi connectivity index (χ3n) is 9.58. The highest BCUT2D eigenvalue weighted by molar-refractivity contribution is 5.91. The van der Waals surface area contributed by atoms with E-state index < -0.39 is 12.3 Å². The minimum atomic E-state index is -0.907. The minimum absolute atomic E-state index is 0.152. The molecule has 4 heteroatoms. The van der Waals surface area contributed by atoms with E-state index >= 15 is 0 Å². The van der Waals surface area contributed by atoms with Crippen molar-refractivity contribution in [3.8, 4) is 16.9 Å². The monoisotopic (exact) mass is 512 g/mol. The number of hydrogen-bond donors (Lipinski definition) is 2. The van der Waals surface area contributed by atoms with Gasteiger partial charge in [0.25, 0.3) is 0 Å². The fourth-order valence-electron chi connectivity index (χ4n) is 8.17. The Morgan fingerprint density at radius 2 is 1.53 bits per heavy atom. The molecule has 7 rings (SSSR count). The first-order valence-corrected chi connectivity index (χ1v) is 14.7. The zero-order valence-corrected chi connectivity index (χ0v) is 22.5. The van der Waals surface area contributed by atoms with Crippen molar-refractivity contribution in [3.63, 3.8) is 0 Å². The molecule has 0 spiro atoms. The van der Waals surface area contributed by atoms with E-state index in [1.165, 1.54) is 62.3 Å². The van der Waals surface area contributed by atoms with E-state index in [2.05, 4.69) is 37.3 Å². The number of hydrogen-bond acceptors (Lipinski definition) is 3. The van der Waals surface area contributed by atoms with Crippen molar-refractivity contribution in [2.24, 2.45) is 17.8 Å². The van der Waals surface area contributed by atoms with Gasteiger partial charge in [0.2, 0.25) is 0 Å². The Morgan fingerprint density at radius 1 is 0.868 bits per heavy atom. The van der Waals surface area contributed by atoms with E-state index in [9.17, 15) is 15.0 Å². The highest BCUT2D eigenvalue weighted by Crippen LogP contribution is 2.62. The van der Waals surface area contributed by atoms with Crippen molar-refractivity contribution in [1.82, 2.24) is 0 Å². The van der Waals surface area contributed by atoms with Gasteiger partial charge in [0.05, 0.1) is 5.56 Å². The lowest BCUT2D eigenvalue weighted by atomic mass is 9.48. The SMILES string of the molecule is CCCCCCC(O)Oc1cc2ccc(-c3ccc(C(=O)O)cc3)cc2cc1C12CC3CC(CC(C3)C1)C2. The van der Waals surface area contributed by atoms with Crippen LogP contribution in [0.4, 0.5) is 0 Å². The van der Waals surface area contributed by atoms with Crippen molar-refractivity contribution < 1.29 is 19.7 Å². The number of carboxylic acid groups (broad SMARTS) is 1. The summed E-state index contributed by atoms with van der Waals surface area (Å²) in [5.41, 5.74) is 3.84. The van der Waals surface area contributed by atoms with Gasteiger partial charge in [-0.3, -0.25) is 0 Å². The molecule has 3 aromatic carbocycles. The van der Waals surface area contributed by atoms with Crippen molar-refractivity contribution in [3.05, 3.63) is 65.7 Å². The molecule has 0 aromatic heterocycles. The standard InChI is InChI=1S/C34H40O4/c1-2-3-4-5-6-32(35)38-31-18-28-12-11-27(25-7-9-26(10-8-25)33(36)37)16-29(28)17-30(31)34-19-22-13-23(20-34)15-24(14-22)21-34/h7-12,16-18,22-24,32,35H,2-6,13-15,19-21H2,1H3,(H,36,37). The van der Waals surface area contributed by atoms with Crippen molar-refractivity contribution in [2.75, 3.05) is 0 Å². The Morgan fingerprint density at radius 3 is 2.16 bits per heavy atom. The topological polar surface area (TPSA) is 66.8 Å². The average Bonchev–Trinajstić information content (AvgIpc) is 2.90. The molecule has 3 aromatic rings. The van der Waals surface area contributed by atoms with Gasteiger partial charge >= 0.3 is 5.97 Å². The van der Waals surface area contributed by atoms with Crippen molar-refractivity contribution in [1.29, 1.82) is 0 Å². The van der Waals surface area contributed by atoms with Crippen LogP contribution in [0.25, 0.3) is 21.9 Å². The molecule has 2 N–H and O–H groups in total. The molecular formula is C34H40O4. The van der Waals surface area contributed by atoms with E-state index in [1.807, 2.05) is 12.1 Å². The molecule has 4 fully saturated rings. The van der Waals surface area contributed by atoms with Crippen LogP contribution < -0.4 is 4.74 Å². The summed E-state index contributed by atoms with van der Waals surface area (Å²) in [5, 5.41) is 22.4. The van der Waals surface area contributed by atoms with Crippen LogP contribution in [0.2, 0.25) is 0 Å². The summed E-state index contributed by atoms with van der Waals surface area (Å²) in [6.07, 6.45) is 12.3. The summed E-state index contributed by atoms with van der Waals surface area (Å²) in [6.45, 7) is 2.20. The van der Waals surface area contributed by atoms with E-state index in [0.717, 1.165) is 52.9 Å². The Balaban J connectivity index is 1.37. The number of unbranched alkanes of at least 4 members (excludes halogenated alkanes) is 3. The molecule has 0 amide bonds. The number of aliphatic hydroxyl groups excluding tert-OH is 1. The highest BCUT2D eigenvalue weighted by atomic mass is 16.6. The van der Waals surface area contributed by atoms with Gasteiger partial charge < -0.3 is 14.9 Å².